The third kappa shape index (κ3) is 4.75. The van der Waals surface area contributed by atoms with E-state index in [0.29, 0.717) is 0 Å². The maximum Gasteiger partial charge on any atom is 0.410 e. The van der Waals surface area contributed by atoms with Gasteiger partial charge in [0.2, 0.25) is 0 Å². The Morgan fingerprint density at radius 1 is 1.00 bits per heavy atom. The Labute approximate surface area is 104 Å². The minimum Gasteiger partial charge on any atom is -0.447 e. The fraction of sp³-hybridized carbons (Fsp3) is 0.846. The van der Waals surface area contributed by atoms with Crippen molar-refractivity contribution >= 4 is 11.9 Å². The van der Waals surface area contributed by atoms with Crippen LogP contribution >= 0.6 is 0 Å². The van der Waals surface area contributed by atoms with Crippen LogP contribution in [0.4, 0.5) is 4.79 Å². The molecule has 1 amide bonds. The Morgan fingerprint density at radius 3 is 1.76 bits per heavy atom. The van der Waals surface area contributed by atoms with Crippen molar-refractivity contribution in [3.8, 4) is 0 Å². The number of amides is 1. The van der Waals surface area contributed by atoms with E-state index in [2.05, 4.69) is 0 Å². The number of carbonyl (C=O) groups is 2. The van der Waals surface area contributed by atoms with E-state index >= 15 is 0 Å². The molecule has 0 aliphatic carbocycles. The van der Waals surface area contributed by atoms with E-state index < -0.39 is 12.1 Å². The molecular formula is C13H25NO3. The van der Waals surface area contributed by atoms with E-state index in [4.69, 9.17) is 4.74 Å². The van der Waals surface area contributed by atoms with E-state index in [1.807, 2.05) is 27.7 Å². The van der Waals surface area contributed by atoms with Gasteiger partial charge in [-0.2, -0.15) is 0 Å². The second-order valence-corrected chi connectivity index (χ2v) is 5.29. The van der Waals surface area contributed by atoms with Crippen LogP contribution in [0.3, 0.4) is 0 Å². The normalized spacial score (nSPS) is 13.1. The average Bonchev–Trinajstić information content (AvgIpc) is 2.15. The van der Waals surface area contributed by atoms with Gasteiger partial charge in [0.05, 0.1) is 12.1 Å². The SMILES string of the molecule is CC(C)OC(=O)N(C)C(C(=O)C(C)C)C(C)C. The van der Waals surface area contributed by atoms with Crippen molar-refractivity contribution in [2.45, 2.75) is 53.7 Å². The number of hydrogen-bond acceptors (Lipinski definition) is 3. The van der Waals surface area contributed by atoms with Gasteiger partial charge in [-0.15, -0.1) is 0 Å². The number of carbonyl (C=O) groups excluding carboxylic acids is 2. The maximum atomic E-state index is 12.1. The molecule has 0 heterocycles. The number of ether oxygens (including phenoxy) is 1. The Hall–Kier alpha value is -1.06. The fourth-order valence-corrected chi connectivity index (χ4v) is 1.71. The molecule has 0 saturated heterocycles. The monoisotopic (exact) mass is 243 g/mol. The van der Waals surface area contributed by atoms with Gasteiger partial charge >= 0.3 is 6.09 Å². The van der Waals surface area contributed by atoms with Crippen LogP contribution in [0.15, 0.2) is 0 Å². The quantitative estimate of drug-likeness (QED) is 0.746. The molecule has 0 saturated carbocycles. The highest BCUT2D eigenvalue weighted by molar-refractivity contribution is 5.88. The van der Waals surface area contributed by atoms with Gasteiger partial charge in [0.25, 0.3) is 0 Å². The van der Waals surface area contributed by atoms with Crippen LogP contribution in [0, 0.1) is 11.8 Å². The van der Waals surface area contributed by atoms with E-state index in [0.717, 1.165) is 0 Å². The number of Topliss-reactive ketones (excluding diaryl/α,β-unsaturated/α-hetero) is 1. The van der Waals surface area contributed by atoms with Gasteiger partial charge in [-0.25, -0.2) is 4.79 Å². The minimum atomic E-state index is -0.437. The van der Waals surface area contributed by atoms with Gasteiger partial charge < -0.3 is 9.64 Å². The van der Waals surface area contributed by atoms with Crippen LogP contribution in [-0.4, -0.2) is 36.0 Å². The average molecular weight is 243 g/mol. The standard InChI is InChI=1S/C13H25NO3/c1-8(2)11(12(15)9(3)4)14(7)13(16)17-10(5)6/h8-11H,1-7H3. The summed E-state index contributed by atoms with van der Waals surface area (Å²) in [6, 6.07) is -0.416. The summed E-state index contributed by atoms with van der Waals surface area (Å²) in [5.74, 6) is 0.0644. The predicted molar refractivity (Wildman–Crippen MR) is 67.9 cm³/mol. The summed E-state index contributed by atoms with van der Waals surface area (Å²) in [5.41, 5.74) is 0. The van der Waals surface area contributed by atoms with E-state index in [-0.39, 0.29) is 23.7 Å². The van der Waals surface area contributed by atoms with Crippen molar-refractivity contribution in [1.29, 1.82) is 0 Å². The van der Waals surface area contributed by atoms with Crippen LogP contribution in [0.5, 0.6) is 0 Å². The zero-order valence-corrected chi connectivity index (χ0v) is 12.0. The summed E-state index contributed by atoms with van der Waals surface area (Å²) in [7, 11) is 1.62. The summed E-state index contributed by atoms with van der Waals surface area (Å²) in [4.78, 5) is 25.3. The smallest absolute Gasteiger partial charge is 0.410 e. The summed E-state index contributed by atoms with van der Waals surface area (Å²) in [6.07, 6.45) is -0.611. The molecule has 0 spiro atoms. The van der Waals surface area contributed by atoms with Crippen LogP contribution in [0.1, 0.15) is 41.5 Å². The van der Waals surface area contributed by atoms with E-state index in [9.17, 15) is 9.59 Å². The third-order valence-electron chi connectivity index (χ3n) is 2.53. The molecule has 4 heteroatoms. The summed E-state index contributed by atoms with van der Waals surface area (Å²) >= 11 is 0. The lowest BCUT2D eigenvalue weighted by molar-refractivity contribution is -0.128. The molecule has 0 aliphatic rings. The molecule has 0 bridgehead atoms. The maximum absolute atomic E-state index is 12.1. The first-order valence-electron chi connectivity index (χ1n) is 6.15. The number of likely N-dealkylation sites (N-methyl/N-ethyl adjacent to an activating group) is 1. The lowest BCUT2D eigenvalue weighted by Gasteiger charge is -2.31. The molecule has 0 radical (unpaired) electrons. The topological polar surface area (TPSA) is 46.6 Å². The van der Waals surface area contributed by atoms with Gasteiger partial charge in [-0.3, -0.25) is 4.79 Å². The Morgan fingerprint density at radius 2 is 1.47 bits per heavy atom. The molecule has 0 N–H and O–H groups in total. The molecule has 17 heavy (non-hydrogen) atoms. The molecular weight excluding hydrogens is 218 g/mol. The Bertz CT molecular complexity index is 272. The molecule has 100 valence electrons. The van der Waals surface area contributed by atoms with Gasteiger partial charge in [-0.05, 0) is 19.8 Å². The highest BCUT2D eigenvalue weighted by Gasteiger charge is 2.32. The van der Waals surface area contributed by atoms with Gasteiger partial charge in [0, 0.05) is 13.0 Å². The lowest BCUT2D eigenvalue weighted by atomic mass is 9.92. The largest absolute Gasteiger partial charge is 0.447 e. The van der Waals surface area contributed by atoms with Gasteiger partial charge in [0.15, 0.2) is 5.78 Å². The van der Waals surface area contributed by atoms with Crippen molar-refractivity contribution in [3.05, 3.63) is 0 Å². The van der Waals surface area contributed by atoms with Crippen LogP contribution in [-0.2, 0) is 9.53 Å². The second kappa shape index (κ2) is 6.62. The zero-order valence-electron chi connectivity index (χ0n) is 12.0. The molecule has 0 aromatic carbocycles. The molecule has 0 rings (SSSR count). The number of ketones is 1. The van der Waals surface area contributed by atoms with E-state index in [1.165, 1.54) is 4.90 Å². The highest BCUT2D eigenvalue weighted by Crippen LogP contribution is 2.16. The van der Waals surface area contributed by atoms with Crippen LogP contribution in [0.25, 0.3) is 0 Å². The Balaban J connectivity index is 4.83. The summed E-state index contributed by atoms with van der Waals surface area (Å²) in [5, 5.41) is 0. The Kier molecular flexibility index (Phi) is 6.21. The predicted octanol–water partition coefficient (Wildman–Crippen LogP) is 2.71. The van der Waals surface area contributed by atoms with Crippen molar-refractivity contribution in [2.24, 2.45) is 11.8 Å². The minimum absolute atomic E-state index is 0.0724. The summed E-state index contributed by atoms with van der Waals surface area (Å²) in [6.45, 7) is 11.1. The lowest BCUT2D eigenvalue weighted by Crippen LogP contribution is -2.47. The molecule has 0 aromatic rings. The number of nitrogens with zero attached hydrogens (tertiary/aromatic N) is 1. The van der Waals surface area contributed by atoms with Crippen LogP contribution in [0.2, 0.25) is 0 Å². The van der Waals surface area contributed by atoms with Crippen molar-refractivity contribution in [2.75, 3.05) is 7.05 Å². The van der Waals surface area contributed by atoms with Crippen molar-refractivity contribution < 1.29 is 14.3 Å². The first kappa shape index (κ1) is 15.9. The molecule has 1 atom stereocenters. The molecule has 0 fully saturated rings. The fourth-order valence-electron chi connectivity index (χ4n) is 1.71. The van der Waals surface area contributed by atoms with Gasteiger partial charge in [-0.1, -0.05) is 27.7 Å². The first-order valence-corrected chi connectivity index (χ1v) is 6.15. The molecule has 1 unspecified atom stereocenters. The molecule has 0 aromatic heterocycles. The van der Waals surface area contributed by atoms with Gasteiger partial charge in [0.1, 0.15) is 0 Å². The third-order valence-corrected chi connectivity index (χ3v) is 2.53. The van der Waals surface area contributed by atoms with Crippen LogP contribution < -0.4 is 0 Å². The first-order chi connectivity index (χ1) is 7.68. The molecule has 4 nitrogen and oxygen atoms in total. The number of rotatable bonds is 5. The van der Waals surface area contributed by atoms with Crippen molar-refractivity contribution in [1.82, 2.24) is 4.90 Å². The second-order valence-electron chi connectivity index (χ2n) is 5.29. The highest BCUT2D eigenvalue weighted by atomic mass is 16.6. The van der Waals surface area contributed by atoms with E-state index in [1.54, 1.807) is 20.9 Å². The molecule has 0 aliphatic heterocycles. The summed E-state index contributed by atoms with van der Waals surface area (Å²) < 4.78 is 5.11. The van der Waals surface area contributed by atoms with Crippen molar-refractivity contribution in [3.63, 3.8) is 0 Å². The zero-order chi connectivity index (χ0) is 13.7. The number of hydrogen-bond donors (Lipinski definition) is 0.